The average molecular weight is 277 g/mol. The Balaban J connectivity index is 2.06. The molecule has 1 aromatic rings. The van der Waals surface area contributed by atoms with Gasteiger partial charge in [-0.2, -0.15) is 0 Å². The molecule has 2 rings (SSSR count). The lowest BCUT2D eigenvalue weighted by Crippen LogP contribution is -2.36. The molecule has 1 saturated heterocycles. The first kappa shape index (κ1) is 12.5. The number of anilines is 1. The van der Waals surface area contributed by atoms with Crippen LogP contribution in [-0.2, 0) is 10.0 Å². The molecule has 1 aromatic heterocycles. The Morgan fingerprint density at radius 3 is 3.00 bits per heavy atom. The molecule has 1 fully saturated rings. The molecule has 0 saturated carbocycles. The van der Waals surface area contributed by atoms with Gasteiger partial charge in [-0.3, -0.25) is 0 Å². The summed E-state index contributed by atoms with van der Waals surface area (Å²) in [6.07, 6.45) is 4.86. The fourth-order valence-electron chi connectivity index (χ4n) is 1.89. The fourth-order valence-corrected chi connectivity index (χ4v) is 2.91. The van der Waals surface area contributed by atoms with Gasteiger partial charge in [0.05, 0.1) is 12.5 Å². The SMILES string of the molecule is CS(=O)(=O)NC1CCN(c2ncncc2Cl)C1. The highest BCUT2D eigenvalue weighted by Gasteiger charge is 2.26. The lowest BCUT2D eigenvalue weighted by atomic mass is 10.3. The molecule has 0 aromatic carbocycles. The largest absolute Gasteiger partial charge is 0.354 e. The summed E-state index contributed by atoms with van der Waals surface area (Å²) in [5.74, 6) is 0.652. The summed E-state index contributed by atoms with van der Waals surface area (Å²) >= 11 is 5.98. The van der Waals surface area contributed by atoms with Gasteiger partial charge in [0.2, 0.25) is 10.0 Å². The molecule has 0 amide bonds. The monoisotopic (exact) mass is 276 g/mol. The normalized spacial score (nSPS) is 20.8. The maximum Gasteiger partial charge on any atom is 0.209 e. The molecule has 94 valence electrons. The summed E-state index contributed by atoms with van der Waals surface area (Å²) < 4.78 is 24.8. The topological polar surface area (TPSA) is 75.2 Å². The third kappa shape index (κ3) is 3.27. The number of rotatable bonds is 3. The molecule has 2 heterocycles. The van der Waals surface area contributed by atoms with Crippen LogP contribution in [0.4, 0.5) is 5.82 Å². The van der Waals surface area contributed by atoms with E-state index in [1.807, 2.05) is 4.90 Å². The van der Waals surface area contributed by atoms with Crippen molar-refractivity contribution in [1.29, 1.82) is 0 Å². The van der Waals surface area contributed by atoms with Crippen LogP contribution in [0.5, 0.6) is 0 Å². The van der Waals surface area contributed by atoms with Gasteiger partial charge in [0.1, 0.15) is 11.3 Å². The maximum atomic E-state index is 11.1. The zero-order chi connectivity index (χ0) is 12.5. The van der Waals surface area contributed by atoms with Crippen LogP contribution in [0, 0.1) is 0 Å². The second-order valence-electron chi connectivity index (χ2n) is 4.02. The lowest BCUT2D eigenvalue weighted by Gasteiger charge is -2.18. The van der Waals surface area contributed by atoms with Crippen LogP contribution < -0.4 is 9.62 Å². The molecule has 1 aliphatic heterocycles. The van der Waals surface area contributed by atoms with Crippen LogP contribution >= 0.6 is 11.6 Å². The van der Waals surface area contributed by atoms with E-state index in [1.54, 1.807) is 0 Å². The molecule has 0 aliphatic carbocycles. The minimum absolute atomic E-state index is 0.0870. The third-order valence-corrected chi connectivity index (χ3v) is 3.54. The summed E-state index contributed by atoms with van der Waals surface area (Å²) in [6, 6.07) is -0.0870. The van der Waals surface area contributed by atoms with Gasteiger partial charge >= 0.3 is 0 Å². The number of nitrogens with zero attached hydrogens (tertiary/aromatic N) is 3. The van der Waals surface area contributed by atoms with Gasteiger partial charge in [-0.15, -0.1) is 0 Å². The van der Waals surface area contributed by atoms with Crippen LogP contribution in [-0.4, -0.2) is 43.8 Å². The van der Waals surface area contributed by atoms with Crippen LogP contribution in [0.1, 0.15) is 6.42 Å². The molecule has 8 heteroatoms. The quantitative estimate of drug-likeness (QED) is 0.857. The number of hydrogen-bond acceptors (Lipinski definition) is 5. The number of hydrogen-bond donors (Lipinski definition) is 1. The summed E-state index contributed by atoms with van der Waals surface area (Å²) in [7, 11) is -3.17. The average Bonchev–Trinajstić information content (AvgIpc) is 2.64. The Labute approximate surface area is 105 Å². The Morgan fingerprint density at radius 2 is 2.35 bits per heavy atom. The first-order valence-electron chi connectivity index (χ1n) is 5.13. The van der Waals surface area contributed by atoms with Crippen molar-refractivity contribution in [3.05, 3.63) is 17.5 Å². The van der Waals surface area contributed by atoms with Crippen molar-refractivity contribution in [3.63, 3.8) is 0 Å². The van der Waals surface area contributed by atoms with E-state index < -0.39 is 10.0 Å². The van der Waals surface area contributed by atoms with E-state index in [0.29, 0.717) is 17.4 Å². The lowest BCUT2D eigenvalue weighted by molar-refractivity contribution is 0.567. The smallest absolute Gasteiger partial charge is 0.209 e. The van der Waals surface area contributed by atoms with Crippen molar-refractivity contribution in [3.8, 4) is 0 Å². The van der Waals surface area contributed by atoms with Gasteiger partial charge < -0.3 is 4.90 Å². The zero-order valence-corrected chi connectivity index (χ0v) is 10.9. The van der Waals surface area contributed by atoms with Gasteiger partial charge in [0, 0.05) is 19.1 Å². The molecule has 17 heavy (non-hydrogen) atoms. The molecular formula is C9H13ClN4O2S. The zero-order valence-electron chi connectivity index (χ0n) is 9.30. The predicted molar refractivity (Wildman–Crippen MR) is 65.6 cm³/mol. The maximum absolute atomic E-state index is 11.1. The van der Waals surface area contributed by atoms with Crippen LogP contribution in [0.15, 0.2) is 12.5 Å². The van der Waals surface area contributed by atoms with Crippen molar-refractivity contribution >= 4 is 27.4 Å². The van der Waals surface area contributed by atoms with Crippen LogP contribution in [0.3, 0.4) is 0 Å². The second kappa shape index (κ2) is 4.75. The Hall–Kier alpha value is -0.920. The van der Waals surface area contributed by atoms with Gasteiger partial charge in [0.15, 0.2) is 5.82 Å². The van der Waals surface area contributed by atoms with E-state index in [1.165, 1.54) is 12.5 Å². The molecule has 0 spiro atoms. The molecule has 1 atom stereocenters. The highest BCUT2D eigenvalue weighted by Crippen LogP contribution is 2.25. The van der Waals surface area contributed by atoms with Crippen molar-refractivity contribution in [2.24, 2.45) is 0 Å². The first-order valence-corrected chi connectivity index (χ1v) is 7.40. The first-order chi connectivity index (χ1) is 7.96. The Bertz CT molecular complexity index is 507. The van der Waals surface area contributed by atoms with E-state index in [-0.39, 0.29) is 6.04 Å². The molecule has 1 unspecified atom stereocenters. The van der Waals surface area contributed by atoms with Gasteiger partial charge in [-0.05, 0) is 6.42 Å². The number of nitrogens with one attached hydrogen (secondary N) is 1. The Kier molecular flexibility index (Phi) is 3.50. The van der Waals surface area contributed by atoms with Gasteiger partial charge in [-0.1, -0.05) is 11.6 Å². The van der Waals surface area contributed by atoms with Crippen molar-refractivity contribution in [2.45, 2.75) is 12.5 Å². The van der Waals surface area contributed by atoms with Crippen molar-refractivity contribution in [1.82, 2.24) is 14.7 Å². The highest BCUT2D eigenvalue weighted by atomic mass is 35.5. The molecule has 6 nitrogen and oxygen atoms in total. The minimum Gasteiger partial charge on any atom is -0.354 e. The number of halogens is 1. The molecule has 1 N–H and O–H groups in total. The molecule has 0 radical (unpaired) electrons. The van der Waals surface area contributed by atoms with E-state index in [2.05, 4.69) is 14.7 Å². The van der Waals surface area contributed by atoms with E-state index >= 15 is 0 Å². The summed E-state index contributed by atoms with van der Waals surface area (Å²) in [6.45, 7) is 1.30. The van der Waals surface area contributed by atoms with Crippen molar-refractivity contribution in [2.75, 3.05) is 24.2 Å². The standard InChI is InChI=1S/C9H13ClN4O2S/c1-17(15,16)13-7-2-3-14(5-7)9-8(10)4-11-6-12-9/h4,6-7,13H,2-3,5H2,1H3. The second-order valence-corrected chi connectivity index (χ2v) is 6.20. The van der Waals surface area contributed by atoms with Crippen LogP contribution in [0.25, 0.3) is 0 Å². The summed E-state index contributed by atoms with van der Waals surface area (Å²) in [4.78, 5) is 9.86. The number of aromatic nitrogens is 2. The fraction of sp³-hybridized carbons (Fsp3) is 0.556. The third-order valence-electron chi connectivity index (χ3n) is 2.52. The Morgan fingerprint density at radius 1 is 1.59 bits per heavy atom. The van der Waals surface area contributed by atoms with E-state index in [9.17, 15) is 8.42 Å². The van der Waals surface area contributed by atoms with Gasteiger partial charge in [-0.25, -0.2) is 23.1 Å². The van der Waals surface area contributed by atoms with Crippen LogP contribution in [0.2, 0.25) is 5.02 Å². The van der Waals surface area contributed by atoms with Gasteiger partial charge in [0.25, 0.3) is 0 Å². The summed E-state index contributed by atoms with van der Waals surface area (Å²) in [5.41, 5.74) is 0. The minimum atomic E-state index is -3.17. The van der Waals surface area contributed by atoms with E-state index in [0.717, 1.165) is 19.2 Å². The summed E-state index contributed by atoms with van der Waals surface area (Å²) in [5, 5.41) is 0.479. The number of sulfonamides is 1. The highest BCUT2D eigenvalue weighted by molar-refractivity contribution is 7.88. The molecule has 0 bridgehead atoms. The van der Waals surface area contributed by atoms with Crippen molar-refractivity contribution < 1.29 is 8.42 Å². The molecular weight excluding hydrogens is 264 g/mol. The van der Waals surface area contributed by atoms with E-state index in [4.69, 9.17) is 11.6 Å². The molecule has 1 aliphatic rings. The predicted octanol–water partition coefficient (Wildman–Crippen LogP) is 0.258.